The predicted octanol–water partition coefficient (Wildman–Crippen LogP) is 5.85. The fraction of sp³-hybridized carbons (Fsp3) is 0.304. The van der Waals surface area contributed by atoms with Crippen LogP contribution in [0.1, 0.15) is 36.1 Å². The number of likely N-dealkylation sites (N-methyl/N-ethyl adjacent to an activating group) is 1. The zero-order valence-corrected chi connectivity index (χ0v) is 18.7. The Hall–Kier alpha value is -2.24. The summed E-state index contributed by atoms with van der Waals surface area (Å²) in [6, 6.07) is 11.8. The third kappa shape index (κ3) is 5.03. The smallest absolute Gasteiger partial charge is 0.266 e. The SMILES string of the molecule is CCN=C1S/C(=C\c2cc(C)c(OCc3ccc(Cl)cc3)c(C)c2)C(=O)N1CC. The number of amides is 1. The van der Waals surface area contributed by atoms with Gasteiger partial charge >= 0.3 is 0 Å². The van der Waals surface area contributed by atoms with E-state index in [2.05, 4.69) is 17.1 Å². The molecule has 0 atom stereocenters. The summed E-state index contributed by atoms with van der Waals surface area (Å²) in [7, 11) is 0. The van der Waals surface area contributed by atoms with Crippen LogP contribution in [0.25, 0.3) is 6.08 Å². The number of aryl methyl sites for hydroxylation is 2. The van der Waals surface area contributed by atoms with E-state index in [4.69, 9.17) is 16.3 Å². The van der Waals surface area contributed by atoms with Gasteiger partial charge in [-0.2, -0.15) is 0 Å². The first-order valence-corrected chi connectivity index (χ1v) is 10.9. The van der Waals surface area contributed by atoms with Crippen LogP contribution >= 0.6 is 23.4 Å². The molecule has 2 aromatic carbocycles. The Morgan fingerprint density at radius 3 is 2.38 bits per heavy atom. The van der Waals surface area contributed by atoms with Crippen LogP contribution < -0.4 is 4.74 Å². The summed E-state index contributed by atoms with van der Waals surface area (Å²) in [5, 5.41) is 1.49. The molecule has 2 aromatic rings. The Morgan fingerprint density at radius 2 is 1.79 bits per heavy atom. The first-order chi connectivity index (χ1) is 13.9. The zero-order chi connectivity index (χ0) is 21.0. The Bertz CT molecular complexity index is 944. The molecule has 0 N–H and O–H groups in total. The van der Waals surface area contributed by atoms with E-state index in [9.17, 15) is 4.79 Å². The molecule has 0 saturated carbocycles. The second-order valence-corrected chi connectivity index (χ2v) is 8.26. The van der Waals surface area contributed by atoms with Gasteiger partial charge in [0.2, 0.25) is 0 Å². The van der Waals surface area contributed by atoms with Crippen molar-refractivity contribution in [2.45, 2.75) is 34.3 Å². The van der Waals surface area contributed by atoms with Gasteiger partial charge in [-0.3, -0.25) is 14.7 Å². The van der Waals surface area contributed by atoms with Gasteiger partial charge in [-0.05, 0) is 92.1 Å². The Balaban J connectivity index is 1.80. The van der Waals surface area contributed by atoms with Crippen LogP contribution in [0.3, 0.4) is 0 Å². The lowest BCUT2D eigenvalue weighted by Crippen LogP contribution is -2.28. The normalized spacial score (nSPS) is 16.9. The molecule has 0 unspecified atom stereocenters. The Kier molecular flexibility index (Phi) is 7.04. The van der Waals surface area contributed by atoms with Crippen molar-refractivity contribution in [2.75, 3.05) is 13.1 Å². The molecule has 0 radical (unpaired) electrons. The predicted molar refractivity (Wildman–Crippen MR) is 123 cm³/mol. The largest absolute Gasteiger partial charge is 0.488 e. The molecule has 4 nitrogen and oxygen atoms in total. The van der Waals surface area contributed by atoms with Crippen LogP contribution in [-0.4, -0.2) is 29.1 Å². The molecule has 29 heavy (non-hydrogen) atoms. The fourth-order valence-corrected chi connectivity index (χ4v) is 4.45. The van der Waals surface area contributed by atoms with E-state index in [-0.39, 0.29) is 5.91 Å². The van der Waals surface area contributed by atoms with Gasteiger partial charge < -0.3 is 4.74 Å². The monoisotopic (exact) mass is 428 g/mol. The maximum atomic E-state index is 12.7. The topological polar surface area (TPSA) is 41.9 Å². The van der Waals surface area contributed by atoms with E-state index < -0.39 is 0 Å². The van der Waals surface area contributed by atoms with E-state index >= 15 is 0 Å². The molecule has 1 heterocycles. The van der Waals surface area contributed by atoms with Gasteiger partial charge in [-0.15, -0.1) is 0 Å². The molecule has 3 rings (SSSR count). The number of benzene rings is 2. The lowest BCUT2D eigenvalue weighted by Gasteiger charge is -2.14. The average molecular weight is 429 g/mol. The van der Waals surface area contributed by atoms with E-state index in [1.165, 1.54) is 11.8 Å². The second kappa shape index (κ2) is 9.51. The van der Waals surface area contributed by atoms with Crippen LogP contribution in [0.15, 0.2) is 46.3 Å². The Labute approximate surface area is 181 Å². The number of nitrogens with zero attached hydrogens (tertiary/aromatic N) is 2. The standard InChI is InChI=1S/C23H25ClN2O2S/c1-5-25-23-26(6-2)22(27)20(29-23)13-18-11-15(3)21(16(4)12-18)28-14-17-7-9-19(24)10-8-17/h7-13H,5-6,14H2,1-4H3/b20-13-,25-23?. The van der Waals surface area contributed by atoms with Gasteiger partial charge in [0, 0.05) is 18.1 Å². The quantitative estimate of drug-likeness (QED) is 0.542. The third-order valence-corrected chi connectivity index (χ3v) is 5.87. The van der Waals surface area contributed by atoms with Gasteiger partial charge in [-0.1, -0.05) is 23.7 Å². The van der Waals surface area contributed by atoms with Crippen molar-refractivity contribution in [2.24, 2.45) is 4.99 Å². The van der Waals surface area contributed by atoms with Gasteiger partial charge in [0.1, 0.15) is 12.4 Å². The van der Waals surface area contributed by atoms with Crippen LogP contribution in [0, 0.1) is 13.8 Å². The zero-order valence-electron chi connectivity index (χ0n) is 17.2. The molecule has 1 fully saturated rings. The number of hydrogen-bond donors (Lipinski definition) is 0. The number of rotatable bonds is 6. The van der Waals surface area contributed by atoms with Crippen molar-refractivity contribution >= 4 is 40.5 Å². The highest BCUT2D eigenvalue weighted by Gasteiger charge is 2.31. The molecule has 1 aliphatic heterocycles. The molecular weight excluding hydrogens is 404 g/mol. The van der Waals surface area contributed by atoms with Crippen molar-refractivity contribution in [1.82, 2.24) is 4.90 Å². The summed E-state index contributed by atoms with van der Waals surface area (Å²) < 4.78 is 6.06. The molecule has 0 aromatic heterocycles. The lowest BCUT2D eigenvalue weighted by molar-refractivity contribution is -0.122. The average Bonchev–Trinajstić information content (AvgIpc) is 2.97. The molecule has 0 aliphatic carbocycles. The number of amidine groups is 1. The molecule has 0 spiro atoms. The molecule has 6 heteroatoms. The molecule has 152 valence electrons. The number of halogens is 1. The number of hydrogen-bond acceptors (Lipinski definition) is 4. The van der Waals surface area contributed by atoms with Crippen LogP contribution in [-0.2, 0) is 11.4 Å². The van der Waals surface area contributed by atoms with Gasteiger partial charge in [0.25, 0.3) is 5.91 Å². The van der Waals surface area contributed by atoms with Gasteiger partial charge in [-0.25, -0.2) is 0 Å². The summed E-state index contributed by atoms with van der Waals surface area (Å²) >= 11 is 7.38. The summed E-state index contributed by atoms with van der Waals surface area (Å²) in [5.74, 6) is 0.888. The van der Waals surface area contributed by atoms with Crippen LogP contribution in [0.2, 0.25) is 5.02 Å². The first kappa shape index (κ1) is 21.5. The highest BCUT2D eigenvalue weighted by Crippen LogP contribution is 2.34. The lowest BCUT2D eigenvalue weighted by atomic mass is 10.0. The number of ether oxygens (including phenoxy) is 1. The summed E-state index contributed by atoms with van der Waals surface area (Å²) in [6.45, 7) is 9.76. The number of aliphatic imine (C=N–C) groups is 1. The summed E-state index contributed by atoms with van der Waals surface area (Å²) in [6.07, 6.45) is 1.94. The molecule has 1 aliphatic rings. The van der Waals surface area contributed by atoms with E-state index in [0.717, 1.165) is 33.2 Å². The molecular formula is C23H25ClN2O2S. The number of thioether (sulfide) groups is 1. The maximum Gasteiger partial charge on any atom is 0.266 e. The summed E-state index contributed by atoms with van der Waals surface area (Å²) in [4.78, 5) is 19.5. The van der Waals surface area contributed by atoms with E-state index in [1.54, 1.807) is 4.90 Å². The van der Waals surface area contributed by atoms with Crippen LogP contribution in [0.4, 0.5) is 0 Å². The van der Waals surface area contributed by atoms with Crippen molar-refractivity contribution in [3.05, 3.63) is 68.6 Å². The van der Waals surface area contributed by atoms with E-state index in [0.29, 0.717) is 29.6 Å². The second-order valence-electron chi connectivity index (χ2n) is 6.82. The van der Waals surface area contributed by atoms with Crippen molar-refractivity contribution in [1.29, 1.82) is 0 Å². The molecule has 1 saturated heterocycles. The first-order valence-electron chi connectivity index (χ1n) is 9.67. The number of carbonyl (C=O) groups excluding carboxylic acids is 1. The molecule has 0 bridgehead atoms. The fourth-order valence-electron chi connectivity index (χ4n) is 3.22. The minimum absolute atomic E-state index is 0.0167. The third-order valence-electron chi connectivity index (χ3n) is 4.57. The Morgan fingerprint density at radius 1 is 1.14 bits per heavy atom. The maximum absolute atomic E-state index is 12.7. The minimum atomic E-state index is 0.0167. The van der Waals surface area contributed by atoms with Crippen LogP contribution in [0.5, 0.6) is 5.75 Å². The highest BCUT2D eigenvalue weighted by molar-refractivity contribution is 8.18. The van der Waals surface area contributed by atoms with Crippen molar-refractivity contribution in [3.63, 3.8) is 0 Å². The van der Waals surface area contributed by atoms with Gasteiger partial charge in [0.15, 0.2) is 5.17 Å². The van der Waals surface area contributed by atoms with Gasteiger partial charge in [0.05, 0.1) is 4.91 Å². The molecule has 1 amide bonds. The van der Waals surface area contributed by atoms with Crippen molar-refractivity contribution in [3.8, 4) is 5.75 Å². The van der Waals surface area contributed by atoms with E-state index in [1.807, 2.05) is 58.0 Å². The van der Waals surface area contributed by atoms with Crippen molar-refractivity contribution < 1.29 is 9.53 Å². The number of carbonyl (C=O) groups is 1. The highest BCUT2D eigenvalue weighted by atomic mass is 35.5. The summed E-state index contributed by atoms with van der Waals surface area (Å²) in [5.41, 5.74) is 4.13. The minimum Gasteiger partial charge on any atom is -0.488 e.